The number of ether oxygens (including phenoxy) is 1. The molecule has 1 saturated heterocycles. The maximum Gasteiger partial charge on any atom is 0.238 e. The van der Waals surface area contributed by atoms with Gasteiger partial charge in [0.05, 0.1) is 12.8 Å². The summed E-state index contributed by atoms with van der Waals surface area (Å²) < 4.78 is 5.13. The summed E-state index contributed by atoms with van der Waals surface area (Å²) in [6.07, 6.45) is 4.16. The van der Waals surface area contributed by atoms with Gasteiger partial charge in [0, 0.05) is 18.5 Å². The molecule has 0 amide bonds. The number of nitrogen functional groups attached to an aromatic ring is 1. The summed E-state index contributed by atoms with van der Waals surface area (Å²) in [7, 11) is 1.60. The third-order valence-electron chi connectivity index (χ3n) is 3.86. The summed E-state index contributed by atoms with van der Waals surface area (Å²) in [6.45, 7) is 2.29. The van der Waals surface area contributed by atoms with Gasteiger partial charge >= 0.3 is 0 Å². The van der Waals surface area contributed by atoms with E-state index in [-0.39, 0.29) is 0 Å². The van der Waals surface area contributed by atoms with E-state index in [2.05, 4.69) is 9.88 Å². The number of nitrogens with zero attached hydrogens (tertiary/aromatic N) is 2. The highest BCUT2D eigenvalue weighted by Crippen LogP contribution is 2.49. The van der Waals surface area contributed by atoms with Gasteiger partial charge in [-0.2, -0.15) is 4.98 Å². The zero-order valence-electron chi connectivity index (χ0n) is 9.57. The van der Waals surface area contributed by atoms with Gasteiger partial charge in [0.1, 0.15) is 5.82 Å². The van der Waals surface area contributed by atoms with E-state index in [1.165, 1.54) is 19.3 Å². The zero-order valence-corrected chi connectivity index (χ0v) is 9.57. The Balaban J connectivity index is 1.75. The molecule has 3 rings (SSSR count). The Hall–Kier alpha value is -1.45. The standard InChI is InChI=1S/C12H17N3O/c1-16-11-9(13)3-4-10(14-11)15-7-12(8-15)5-2-6-12/h3-4H,2,5-8,13H2,1H3. The first-order chi connectivity index (χ1) is 7.72. The predicted molar refractivity (Wildman–Crippen MR) is 63.7 cm³/mol. The first kappa shape index (κ1) is 9.75. The molecule has 1 aliphatic heterocycles. The second kappa shape index (κ2) is 3.27. The fourth-order valence-electron chi connectivity index (χ4n) is 2.70. The molecule has 4 nitrogen and oxygen atoms in total. The van der Waals surface area contributed by atoms with Crippen LogP contribution in [-0.4, -0.2) is 25.2 Å². The number of hydrogen-bond donors (Lipinski definition) is 1. The topological polar surface area (TPSA) is 51.4 Å². The summed E-state index contributed by atoms with van der Waals surface area (Å²) in [6, 6.07) is 3.84. The summed E-state index contributed by atoms with van der Waals surface area (Å²) in [5.41, 5.74) is 6.97. The number of pyridine rings is 1. The van der Waals surface area contributed by atoms with E-state index in [4.69, 9.17) is 10.5 Å². The molecule has 0 radical (unpaired) electrons. The molecule has 1 aromatic rings. The van der Waals surface area contributed by atoms with E-state index in [1.807, 2.05) is 12.1 Å². The average molecular weight is 219 g/mol. The Kier molecular flexibility index (Phi) is 1.99. The normalized spacial score (nSPS) is 21.4. The monoisotopic (exact) mass is 219 g/mol. The van der Waals surface area contributed by atoms with E-state index < -0.39 is 0 Å². The van der Waals surface area contributed by atoms with Crippen LogP contribution in [0, 0.1) is 5.41 Å². The number of hydrogen-bond acceptors (Lipinski definition) is 4. The van der Waals surface area contributed by atoms with Gasteiger partial charge in [0.25, 0.3) is 0 Å². The van der Waals surface area contributed by atoms with E-state index in [0.717, 1.165) is 18.9 Å². The largest absolute Gasteiger partial charge is 0.479 e. The molecule has 0 aromatic carbocycles. The molecule has 2 aliphatic rings. The quantitative estimate of drug-likeness (QED) is 0.822. The molecule has 1 aliphatic carbocycles. The molecule has 2 N–H and O–H groups in total. The molecule has 1 saturated carbocycles. The van der Waals surface area contributed by atoms with Crippen LogP contribution in [-0.2, 0) is 0 Å². The summed E-state index contributed by atoms with van der Waals surface area (Å²) in [5.74, 6) is 1.52. The summed E-state index contributed by atoms with van der Waals surface area (Å²) in [5, 5.41) is 0. The minimum Gasteiger partial charge on any atom is -0.479 e. The van der Waals surface area contributed by atoms with Crippen molar-refractivity contribution in [2.75, 3.05) is 30.8 Å². The van der Waals surface area contributed by atoms with Crippen molar-refractivity contribution in [3.05, 3.63) is 12.1 Å². The maximum atomic E-state index is 5.74. The van der Waals surface area contributed by atoms with Crippen molar-refractivity contribution in [2.24, 2.45) is 5.41 Å². The Morgan fingerprint density at radius 3 is 2.69 bits per heavy atom. The van der Waals surface area contributed by atoms with Crippen molar-refractivity contribution in [1.29, 1.82) is 0 Å². The number of rotatable bonds is 2. The van der Waals surface area contributed by atoms with Crippen molar-refractivity contribution in [1.82, 2.24) is 4.98 Å². The molecule has 16 heavy (non-hydrogen) atoms. The molecular formula is C12H17N3O. The van der Waals surface area contributed by atoms with Gasteiger partial charge in [-0.25, -0.2) is 0 Å². The van der Waals surface area contributed by atoms with Gasteiger partial charge in [-0.05, 0) is 25.0 Å². The van der Waals surface area contributed by atoms with Gasteiger partial charge < -0.3 is 15.4 Å². The second-order valence-corrected chi connectivity index (χ2v) is 4.98. The minimum absolute atomic E-state index is 0.534. The molecule has 1 aromatic heterocycles. The molecule has 2 heterocycles. The third kappa shape index (κ3) is 1.32. The lowest BCUT2D eigenvalue weighted by Gasteiger charge is -2.56. The van der Waals surface area contributed by atoms with E-state index >= 15 is 0 Å². The van der Waals surface area contributed by atoms with Crippen molar-refractivity contribution >= 4 is 11.5 Å². The Morgan fingerprint density at radius 2 is 2.12 bits per heavy atom. The van der Waals surface area contributed by atoms with Crippen molar-refractivity contribution < 1.29 is 4.74 Å². The predicted octanol–water partition coefficient (Wildman–Crippen LogP) is 1.66. The minimum atomic E-state index is 0.534. The van der Waals surface area contributed by atoms with E-state index in [9.17, 15) is 0 Å². The molecule has 0 atom stereocenters. The van der Waals surface area contributed by atoms with Crippen molar-refractivity contribution in [3.8, 4) is 5.88 Å². The van der Waals surface area contributed by atoms with Crippen LogP contribution in [0.4, 0.5) is 11.5 Å². The molecular weight excluding hydrogens is 202 g/mol. The highest BCUT2D eigenvalue weighted by molar-refractivity contribution is 5.55. The van der Waals surface area contributed by atoms with Crippen LogP contribution in [0.5, 0.6) is 5.88 Å². The Morgan fingerprint density at radius 1 is 1.38 bits per heavy atom. The Labute approximate surface area is 95.4 Å². The van der Waals surface area contributed by atoms with Crippen LogP contribution < -0.4 is 15.4 Å². The number of aromatic nitrogens is 1. The number of methoxy groups -OCH3 is 1. The molecule has 1 spiro atoms. The van der Waals surface area contributed by atoms with Crippen LogP contribution in [0.25, 0.3) is 0 Å². The molecule has 0 unspecified atom stereocenters. The lowest BCUT2D eigenvalue weighted by molar-refractivity contribution is 0.0895. The van der Waals surface area contributed by atoms with Crippen molar-refractivity contribution in [3.63, 3.8) is 0 Å². The second-order valence-electron chi connectivity index (χ2n) is 4.98. The fourth-order valence-corrected chi connectivity index (χ4v) is 2.70. The molecule has 0 bridgehead atoms. The summed E-state index contributed by atoms with van der Waals surface area (Å²) in [4.78, 5) is 6.72. The average Bonchev–Trinajstić information content (AvgIpc) is 2.16. The molecule has 2 fully saturated rings. The maximum absolute atomic E-state index is 5.74. The van der Waals surface area contributed by atoms with E-state index in [1.54, 1.807) is 7.11 Å². The zero-order chi connectivity index (χ0) is 11.2. The summed E-state index contributed by atoms with van der Waals surface area (Å²) >= 11 is 0. The van der Waals surface area contributed by atoms with E-state index in [0.29, 0.717) is 17.0 Å². The lowest BCUT2D eigenvalue weighted by Crippen LogP contribution is -2.60. The van der Waals surface area contributed by atoms with Gasteiger partial charge in [-0.3, -0.25) is 0 Å². The highest BCUT2D eigenvalue weighted by atomic mass is 16.5. The van der Waals surface area contributed by atoms with Gasteiger partial charge in [-0.15, -0.1) is 0 Å². The number of anilines is 2. The SMILES string of the molecule is COc1nc(N2CC3(CCC3)C2)ccc1N. The third-order valence-corrected chi connectivity index (χ3v) is 3.86. The lowest BCUT2D eigenvalue weighted by atomic mass is 9.63. The fraction of sp³-hybridized carbons (Fsp3) is 0.583. The smallest absolute Gasteiger partial charge is 0.238 e. The van der Waals surface area contributed by atoms with Crippen LogP contribution in [0.1, 0.15) is 19.3 Å². The number of nitrogens with two attached hydrogens (primary N) is 1. The van der Waals surface area contributed by atoms with Crippen LogP contribution in [0.2, 0.25) is 0 Å². The Bertz CT molecular complexity index is 407. The first-order valence-corrected chi connectivity index (χ1v) is 5.78. The van der Waals surface area contributed by atoms with Crippen LogP contribution >= 0.6 is 0 Å². The molecule has 86 valence electrons. The van der Waals surface area contributed by atoms with Crippen molar-refractivity contribution in [2.45, 2.75) is 19.3 Å². The molecule has 4 heteroatoms. The van der Waals surface area contributed by atoms with Crippen LogP contribution in [0.3, 0.4) is 0 Å². The van der Waals surface area contributed by atoms with Gasteiger partial charge in [0.15, 0.2) is 0 Å². The van der Waals surface area contributed by atoms with Crippen LogP contribution in [0.15, 0.2) is 12.1 Å². The highest BCUT2D eigenvalue weighted by Gasteiger charge is 2.47. The first-order valence-electron chi connectivity index (χ1n) is 5.78. The van der Waals surface area contributed by atoms with Gasteiger partial charge in [-0.1, -0.05) is 6.42 Å². The van der Waals surface area contributed by atoms with Gasteiger partial charge in [0.2, 0.25) is 5.88 Å².